The third-order valence-electron chi connectivity index (χ3n) is 13.4. The molecular weight excluding hydrogens is 1180 g/mol. The molecule has 4 unspecified atom stereocenters. The number of aliphatic hydroxyl groups excluding tert-OH is 3. The fraction of sp³-hybridized carbons (Fsp3) is 0.475. The Morgan fingerprint density at radius 1 is 0.683 bits per heavy atom. The quantitative estimate of drug-likeness (QED) is 0.0252. The van der Waals surface area contributed by atoms with Gasteiger partial charge >= 0.3 is 36.7 Å². The number of anilines is 3. The standard InChI is InChI=1S/C40H51N15O23P4/c1-69-9-18-19(74-36(25(18)56)55-16-52(8-17-6-4-3-5-7-17)24-33(55)49-40(43)51-35(24)60)10-72-80(63,64)77-82(67,68)78-81(65,66)73-12-21-29(28(70-2)38(76-21)53-14-46-22-30(41)44-13-45-31(22)53)79(61,62)71-11-20-26(57)27(58)37(75-20)54-15-47-23-32(54)48-39(42)50-34(23)59/h3-7,13-16,18-21,25-29,36-38,56-58H,8-12H2,1-2H3,(H11-,41,42,43,44,45,48,49,50,51,59,60,61,62,63,64,65,66,67,68)/p+1/t18-,19-,20-,21-,25-,26-,27-,28-,29-,36-,37-,38-/m1/s1. The number of imidazole rings is 3. The number of aromatic nitrogens is 12. The van der Waals surface area contributed by atoms with Crippen molar-refractivity contribution in [3.63, 3.8) is 0 Å². The summed E-state index contributed by atoms with van der Waals surface area (Å²) in [5.74, 6) is -1.75. The van der Waals surface area contributed by atoms with Crippen molar-refractivity contribution in [3.05, 3.63) is 81.9 Å². The lowest BCUT2D eigenvalue weighted by Gasteiger charge is -2.28. The van der Waals surface area contributed by atoms with E-state index in [1.165, 1.54) is 27.1 Å². The van der Waals surface area contributed by atoms with Gasteiger partial charge in [-0.2, -0.15) is 13.6 Å². The van der Waals surface area contributed by atoms with Gasteiger partial charge in [-0.3, -0.25) is 46.9 Å². The maximum Gasteiger partial charge on any atom is 0.490 e. The van der Waals surface area contributed by atoms with Crippen LogP contribution < -0.4 is 32.9 Å². The minimum absolute atomic E-state index is 0.00123. The molecule has 9 heterocycles. The van der Waals surface area contributed by atoms with Crippen LogP contribution in [-0.2, 0) is 70.7 Å². The van der Waals surface area contributed by atoms with Gasteiger partial charge in [-0.05, 0) is 5.56 Å². The van der Waals surface area contributed by atoms with Gasteiger partial charge in [-0.1, -0.05) is 35.3 Å². The summed E-state index contributed by atoms with van der Waals surface area (Å²) in [6, 6.07) is 8.98. The van der Waals surface area contributed by atoms with Gasteiger partial charge in [-0.25, -0.2) is 38.2 Å². The Kier molecular flexibility index (Phi) is 16.6. The van der Waals surface area contributed by atoms with Crippen molar-refractivity contribution in [1.29, 1.82) is 0 Å². The largest absolute Gasteiger partial charge is 0.490 e. The summed E-state index contributed by atoms with van der Waals surface area (Å²) in [6.07, 6.45) is -11.3. The lowest BCUT2D eigenvalue weighted by atomic mass is 9.99. The number of methoxy groups -OCH3 is 2. The number of phosphoric acid groups is 3. The average Bonchev–Trinajstić information content (AvgIpc) is 4.48. The average molecular weight is 1230 g/mol. The van der Waals surface area contributed by atoms with Crippen LogP contribution in [0, 0.1) is 5.92 Å². The molecule has 6 aromatic heterocycles. The van der Waals surface area contributed by atoms with Crippen molar-refractivity contribution in [1.82, 2.24) is 53.6 Å². The van der Waals surface area contributed by atoms with Crippen LogP contribution in [0.3, 0.4) is 0 Å². The Balaban J connectivity index is 0.825. The molecule has 7 aromatic rings. The number of rotatable bonds is 22. The number of fused-ring (bicyclic) bond motifs is 3. The monoisotopic (exact) mass is 1230 g/mol. The number of nitrogens with two attached hydrogens (primary N) is 3. The molecule has 0 amide bonds. The van der Waals surface area contributed by atoms with E-state index in [0.717, 1.165) is 36.2 Å². The molecule has 1 aromatic carbocycles. The summed E-state index contributed by atoms with van der Waals surface area (Å²) in [4.78, 5) is 98.4. The van der Waals surface area contributed by atoms with Crippen LogP contribution in [-0.4, -0.2) is 178 Å². The lowest BCUT2D eigenvalue weighted by Crippen LogP contribution is -2.45. The van der Waals surface area contributed by atoms with Gasteiger partial charge in [0.15, 0.2) is 41.4 Å². The first-order valence-electron chi connectivity index (χ1n) is 24.0. The third kappa shape index (κ3) is 11.8. The molecule has 3 saturated heterocycles. The number of nitrogens with zero attached hydrogens (tertiary/aromatic N) is 10. The van der Waals surface area contributed by atoms with E-state index in [1.807, 2.05) is 0 Å². The lowest BCUT2D eigenvalue weighted by molar-refractivity contribution is -0.746. The molecule has 0 saturated carbocycles. The summed E-state index contributed by atoms with van der Waals surface area (Å²) in [6.45, 7) is -3.35. The molecule has 0 radical (unpaired) electrons. The van der Waals surface area contributed by atoms with Crippen molar-refractivity contribution < 1.29 is 104 Å². The Hall–Kier alpha value is -5.89. The first-order valence-corrected chi connectivity index (χ1v) is 30.1. The summed E-state index contributed by atoms with van der Waals surface area (Å²) in [5.41, 5.74) is 14.7. The number of nitrogen functional groups attached to an aromatic ring is 3. The number of hydrogen-bond donors (Lipinski definition) is 12. The molecule has 82 heavy (non-hydrogen) atoms. The zero-order valence-corrected chi connectivity index (χ0v) is 45.9. The SMILES string of the molecule is COC[C@H]1[C@@H](O)[C@H]([n+]2cn(Cc3ccccc3)c3c(=O)[nH]c(N)nc32)O[C@@H]1COP(=O)(O)OP(=O)(O)OP(=O)(O)OC[C@H]1O[C@@H](n2cnc3c(N)ncnc32)[C@H](OC)[C@@H]1P(=O)(O)OC[C@H]1O[C@@H](n2cnc3c(=O)[nH]c(N)nc32)[C@H](O)[C@@H]1O. The first-order chi connectivity index (χ1) is 38.8. The second-order valence-electron chi connectivity index (χ2n) is 18.6. The smallest absolute Gasteiger partial charge is 0.387 e. The molecule has 3 aliphatic rings. The van der Waals surface area contributed by atoms with Crippen molar-refractivity contribution in [2.75, 3.05) is 57.8 Å². The molecule has 0 aliphatic carbocycles. The predicted octanol–water partition coefficient (Wildman–Crippen LogP) is -2.23. The van der Waals surface area contributed by atoms with Crippen LogP contribution in [0.25, 0.3) is 33.5 Å². The molecule has 0 bridgehead atoms. The zero-order valence-electron chi connectivity index (χ0n) is 42.3. The number of hydrogen-bond acceptors (Lipinski definition) is 28. The molecular formula is C40H52N15O23P4+. The van der Waals surface area contributed by atoms with Gasteiger partial charge in [-0.15, -0.1) is 0 Å². The molecule has 0 spiro atoms. The molecule has 42 heteroatoms. The Morgan fingerprint density at radius 3 is 1.99 bits per heavy atom. The van der Waals surface area contributed by atoms with Gasteiger partial charge in [0.2, 0.25) is 17.7 Å². The fourth-order valence-electron chi connectivity index (χ4n) is 9.78. The maximum atomic E-state index is 14.5. The van der Waals surface area contributed by atoms with Crippen molar-refractivity contribution in [3.8, 4) is 0 Å². The van der Waals surface area contributed by atoms with Gasteiger partial charge in [0, 0.05) is 20.1 Å². The fourth-order valence-corrected chi connectivity index (χ4v) is 15.1. The van der Waals surface area contributed by atoms with Gasteiger partial charge in [0.1, 0.15) is 54.1 Å². The number of ether oxygens (including phenoxy) is 5. The number of phosphoric ester groups is 2. The summed E-state index contributed by atoms with van der Waals surface area (Å²) in [7, 11) is -21.0. The summed E-state index contributed by atoms with van der Waals surface area (Å²) < 4.78 is 112. The van der Waals surface area contributed by atoms with Crippen LogP contribution >= 0.6 is 31.1 Å². The van der Waals surface area contributed by atoms with E-state index in [-0.39, 0.29) is 64.4 Å². The highest BCUT2D eigenvalue weighted by Gasteiger charge is 2.58. The van der Waals surface area contributed by atoms with Crippen LogP contribution in [0.4, 0.5) is 17.7 Å². The number of benzene rings is 1. The summed E-state index contributed by atoms with van der Waals surface area (Å²) >= 11 is 0. The number of H-pyrrole nitrogens is 2. The van der Waals surface area contributed by atoms with E-state index in [0.29, 0.717) is 0 Å². The first kappa shape index (κ1) is 59.3. The molecule has 3 aliphatic heterocycles. The molecule has 38 nitrogen and oxygen atoms in total. The predicted molar refractivity (Wildman–Crippen MR) is 272 cm³/mol. The Morgan fingerprint density at radius 2 is 1.30 bits per heavy atom. The van der Waals surface area contributed by atoms with Gasteiger partial charge < -0.3 is 80.3 Å². The van der Waals surface area contributed by atoms with Crippen LogP contribution in [0.15, 0.2) is 65.2 Å². The van der Waals surface area contributed by atoms with Crippen molar-refractivity contribution in [2.24, 2.45) is 5.92 Å². The molecule has 16 atom stereocenters. The van der Waals surface area contributed by atoms with Gasteiger partial charge in [0.05, 0.1) is 51.7 Å². The van der Waals surface area contributed by atoms with E-state index in [4.69, 9.17) is 54.5 Å². The number of aliphatic hydroxyl groups is 3. The van der Waals surface area contributed by atoms with E-state index in [1.54, 1.807) is 30.3 Å². The number of nitrogens with one attached hydrogen (secondary N) is 2. The van der Waals surface area contributed by atoms with E-state index in [2.05, 4.69) is 48.5 Å². The van der Waals surface area contributed by atoms with E-state index < -0.39 is 135 Å². The van der Waals surface area contributed by atoms with Crippen LogP contribution in [0.1, 0.15) is 24.2 Å². The second-order valence-corrected chi connectivity index (χ2v) is 25.2. The normalized spacial score (nSPS) is 28.8. The second kappa shape index (κ2) is 22.9. The molecule has 15 N–H and O–H groups in total. The zero-order chi connectivity index (χ0) is 58.8. The third-order valence-corrected chi connectivity index (χ3v) is 19.5. The highest BCUT2D eigenvalue weighted by atomic mass is 31.3. The topological polar surface area (TPSA) is 542 Å². The molecule has 444 valence electrons. The van der Waals surface area contributed by atoms with E-state index in [9.17, 15) is 62.7 Å². The van der Waals surface area contributed by atoms with Crippen molar-refractivity contribution >= 4 is 82.3 Å². The Bertz CT molecular complexity index is 3830. The van der Waals surface area contributed by atoms with Gasteiger partial charge in [0.25, 0.3) is 17.1 Å². The van der Waals surface area contributed by atoms with Crippen LogP contribution in [0.2, 0.25) is 0 Å². The van der Waals surface area contributed by atoms with E-state index >= 15 is 0 Å². The maximum absolute atomic E-state index is 14.5. The number of aromatic amines is 2. The summed E-state index contributed by atoms with van der Waals surface area (Å²) in [5, 5.41) is 33.6. The molecule has 10 rings (SSSR count). The Labute approximate surface area is 457 Å². The highest BCUT2D eigenvalue weighted by Crippen LogP contribution is 2.68. The van der Waals surface area contributed by atoms with Crippen molar-refractivity contribution in [2.45, 2.75) is 73.6 Å². The highest BCUT2D eigenvalue weighted by molar-refractivity contribution is 7.66. The minimum Gasteiger partial charge on any atom is -0.387 e. The van der Waals surface area contributed by atoms with Crippen LogP contribution in [0.5, 0.6) is 0 Å². The molecule has 3 fully saturated rings. The minimum atomic E-state index is -6.22.